The Bertz CT molecular complexity index is 351. The van der Waals surface area contributed by atoms with E-state index in [0.717, 1.165) is 13.1 Å². The van der Waals surface area contributed by atoms with Gasteiger partial charge in [0.15, 0.2) is 0 Å². The van der Waals surface area contributed by atoms with Crippen LogP contribution in [0.15, 0.2) is 0 Å². The zero-order valence-corrected chi connectivity index (χ0v) is 12.2. The Morgan fingerprint density at radius 2 is 2.16 bits per heavy atom. The van der Waals surface area contributed by atoms with E-state index in [1.807, 2.05) is 0 Å². The maximum Gasteiger partial charge on any atom is 0.327 e. The highest BCUT2D eigenvalue weighted by Gasteiger charge is 2.34. The van der Waals surface area contributed by atoms with Crippen LogP contribution in [0.4, 0.5) is 0 Å². The number of hydrogen-bond donors (Lipinski definition) is 1. The van der Waals surface area contributed by atoms with E-state index in [4.69, 9.17) is 5.11 Å². The molecule has 108 valence electrons. The maximum atomic E-state index is 12.1. The minimum absolute atomic E-state index is 0.0184. The van der Waals surface area contributed by atoms with Gasteiger partial charge >= 0.3 is 5.97 Å². The van der Waals surface area contributed by atoms with Gasteiger partial charge in [-0.2, -0.15) is 0 Å². The van der Waals surface area contributed by atoms with Gasteiger partial charge in [0.1, 0.15) is 6.04 Å². The Morgan fingerprint density at radius 1 is 1.37 bits per heavy atom. The predicted octanol–water partition coefficient (Wildman–Crippen LogP) is 1.24. The number of piperidine rings is 1. The van der Waals surface area contributed by atoms with Gasteiger partial charge in [-0.05, 0) is 26.3 Å². The van der Waals surface area contributed by atoms with Crippen LogP contribution < -0.4 is 0 Å². The highest BCUT2D eigenvalue weighted by atomic mass is 32.2. The number of carboxylic acid groups (broad SMARTS) is 1. The molecular weight excluding hydrogens is 264 g/mol. The molecule has 2 aliphatic rings. The number of carboxylic acids is 1. The molecule has 2 aliphatic heterocycles. The van der Waals surface area contributed by atoms with Gasteiger partial charge in [0.05, 0.1) is 5.88 Å². The summed E-state index contributed by atoms with van der Waals surface area (Å²) in [6, 6.07) is -0.0824. The van der Waals surface area contributed by atoms with E-state index in [1.54, 1.807) is 0 Å². The van der Waals surface area contributed by atoms with Crippen molar-refractivity contribution >= 4 is 23.6 Å². The normalized spacial score (nSPS) is 28.6. The third-order valence-electron chi connectivity index (χ3n) is 4.04. The highest BCUT2D eigenvalue weighted by Crippen LogP contribution is 2.22. The second-order valence-corrected chi connectivity index (χ2v) is 6.35. The molecule has 0 spiro atoms. The molecule has 0 radical (unpaired) electrons. The fraction of sp³-hybridized carbons (Fsp3) is 0.846. The number of hydrogen-bond acceptors (Lipinski definition) is 4. The zero-order valence-electron chi connectivity index (χ0n) is 11.4. The van der Waals surface area contributed by atoms with Crippen molar-refractivity contribution in [3.63, 3.8) is 0 Å². The van der Waals surface area contributed by atoms with Gasteiger partial charge in [-0.3, -0.25) is 4.79 Å². The fourth-order valence-corrected chi connectivity index (χ4v) is 3.94. The van der Waals surface area contributed by atoms with Gasteiger partial charge in [-0.25, -0.2) is 4.79 Å². The molecule has 1 unspecified atom stereocenters. The van der Waals surface area contributed by atoms with Gasteiger partial charge in [0, 0.05) is 24.8 Å². The lowest BCUT2D eigenvalue weighted by Crippen LogP contribution is -2.44. The SMILES string of the molecule is CC1CCCCN1CCC(=O)N1CSC[C@H]1C(=O)O. The maximum absolute atomic E-state index is 12.1. The molecule has 2 heterocycles. The molecule has 19 heavy (non-hydrogen) atoms. The second kappa shape index (κ2) is 6.61. The topological polar surface area (TPSA) is 60.9 Å². The van der Waals surface area contributed by atoms with Crippen molar-refractivity contribution in [2.45, 2.75) is 44.7 Å². The molecule has 2 fully saturated rings. The number of rotatable bonds is 4. The molecule has 0 aromatic carbocycles. The molecule has 0 bridgehead atoms. The first-order valence-electron chi connectivity index (χ1n) is 6.93. The predicted molar refractivity (Wildman–Crippen MR) is 75.1 cm³/mol. The monoisotopic (exact) mass is 286 g/mol. The Kier molecular flexibility index (Phi) is 5.10. The molecule has 6 heteroatoms. The van der Waals surface area contributed by atoms with Crippen LogP contribution in [0.1, 0.15) is 32.6 Å². The molecule has 0 saturated carbocycles. The van der Waals surface area contributed by atoms with E-state index >= 15 is 0 Å². The van der Waals surface area contributed by atoms with Crippen LogP contribution in [0, 0.1) is 0 Å². The van der Waals surface area contributed by atoms with Crippen molar-refractivity contribution < 1.29 is 14.7 Å². The highest BCUT2D eigenvalue weighted by molar-refractivity contribution is 7.99. The lowest BCUT2D eigenvalue weighted by atomic mass is 10.0. The molecule has 2 rings (SSSR count). The number of nitrogens with zero attached hydrogens (tertiary/aromatic N) is 2. The number of aliphatic carboxylic acids is 1. The molecule has 0 aromatic rings. The van der Waals surface area contributed by atoms with Crippen molar-refractivity contribution in [1.29, 1.82) is 0 Å². The Hall–Kier alpha value is -0.750. The summed E-state index contributed by atoms with van der Waals surface area (Å²) in [7, 11) is 0. The molecule has 1 amide bonds. The molecule has 0 aliphatic carbocycles. The summed E-state index contributed by atoms with van der Waals surface area (Å²) in [5.74, 6) is 0.131. The van der Waals surface area contributed by atoms with Gasteiger partial charge < -0.3 is 14.9 Å². The van der Waals surface area contributed by atoms with Gasteiger partial charge in [0.25, 0.3) is 0 Å². The fourth-order valence-electron chi connectivity index (χ4n) is 2.77. The Labute approximate surface area is 118 Å². The third-order valence-corrected chi connectivity index (χ3v) is 5.05. The van der Waals surface area contributed by atoms with Crippen molar-refractivity contribution in [3.05, 3.63) is 0 Å². The largest absolute Gasteiger partial charge is 0.480 e. The number of carbonyl (C=O) groups is 2. The summed E-state index contributed by atoms with van der Waals surface area (Å²) in [4.78, 5) is 27.1. The summed E-state index contributed by atoms with van der Waals surface area (Å²) in [6.45, 7) is 4.02. The van der Waals surface area contributed by atoms with Crippen molar-refractivity contribution in [1.82, 2.24) is 9.80 Å². The van der Waals surface area contributed by atoms with E-state index in [1.165, 1.54) is 35.9 Å². The first-order valence-corrected chi connectivity index (χ1v) is 8.09. The first kappa shape index (κ1) is 14.7. The number of amides is 1. The smallest absolute Gasteiger partial charge is 0.327 e. The summed E-state index contributed by atoms with van der Waals surface area (Å²) < 4.78 is 0. The lowest BCUT2D eigenvalue weighted by molar-refractivity contribution is -0.147. The lowest BCUT2D eigenvalue weighted by Gasteiger charge is -2.33. The van der Waals surface area contributed by atoms with E-state index in [0.29, 0.717) is 24.1 Å². The Balaban J connectivity index is 1.82. The average molecular weight is 286 g/mol. The van der Waals surface area contributed by atoms with Crippen molar-refractivity contribution in [3.8, 4) is 0 Å². The molecule has 5 nitrogen and oxygen atoms in total. The van der Waals surface area contributed by atoms with Gasteiger partial charge in [0.2, 0.25) is 5.91 Å². The summed E-state index contributed by atoms with van der Waals surface area (Å²) in [6.07, 6.45) is 4.12. The molecule has 1 N–H and O–H groups in total. The van der Waals surface area contributed by atoms with Crippen LogP contribution >= 0.6 is 11.8 Å². The molecule has 2 saturated heterocycles. The number of likely N-dealkylation sites (tertiary alicyclic amines) is 1. The van der Waals surface area contributed by atoms with Gasteiger partial charge in [-0.15, -0.1) is 11.8 Å². The third kappa shape index (κ3) is 3.63. The minimum Gasteiger partial charge on any atom is -0.480 e. The van der Waals surface area contributed by atoms with E-state index in [-0.39, 0.29) is 5.91 Å². The van der Waals surface area contributed by atoms with Crippen LogP contribution in [0.5, 0.6) is 0 Å². The van der Waals surface area contributed by atoms with E-state index in [2.05, 4.69) is 11.8 Å². The Morgan fingerprint density at radius 3 is 2.84 bits per heavy atom. The number of carbonyl (C=O) groups excluding carboxylic acids is 1. The summed E-state index contributed by atoms with van der Waals surface area (Å²) in [5.41, 5.74) is 0. The van der Waals surface area contributed by atoms with E-state index < -0.39 is 12.0 Å². The first-order chi connectivity index (χ1) is 9.09. The standard InChI is InChI=1S/C13H22N2O3S/c1-10-4-2-3-6-14(10)7-5-12(16)15-9-19-8-11(15)13(17)18/h10-11H,2-9H2,1H3,(H,17,18)/t10?,11-/m0/s1. The van der Waals surface area contributed by atoms with Crippen molar-refractivity contribution in [2.75, 3.05) is 24.7 Å². The molecule has 2 atom stereocenters. The van der Waals surface area contributed by atoms with Gasteiger partial charge in [-0.1, -0.05) is 6.42 Å². The molecular formula is C13H22N2O3S. The molecule has 0 aromatic heterocycles. The summed E-state index contributed by atoms with van der Waals surface area (Å²) >= 11 is 1.52. The summed E-state index contributed by atoms with van der Waals surface area (Å²) in [5, 5.41) is 9.07. The number of thioether (sulfide) groups is 1. The van der Waals surface area contributed by atoms with Crippen LogP contribution in [-0.2, 0) is 9.59 Å². The van der Waals surface area contributed by atoms with Crippen LogP contribution in [0.25, 0.3) is 0 Å². The van der Waals surface area contributed by atoms with Crippen molar-refractivity contribution in [2.24, 2.45) is 0 Å². The van der Waals surface area contributed by atoms with Crippen LogP contribution in [-0.4, -0.2) is 63.6 Å². The average Bonchev–Trinajstić information content (AvgIpc) is 2.87. The van der Waals surface area contributed by atoms with Crippen LogP contribution in [0.3, 0.4) is 0 Å². The second-order valence-electron chi connectivity index (χ2n) is 5.35. The quantitative estimate of drug-likeness (QED) is 0.842. The van der Waals surface area contributed by atoms with Crippen LogP contribution in [0.2, 0.25) is 0 Å². The van der Waals surface area contributed by atoms with E-state index in [9.17, 15) is 9.59 Å². The zero-order chi connectivity index (χ0) is 13.8. The minimum atomic E-state index is -0.885.